The van der Waals surface area contributed by atoms with Gasteiger partial charge in [-0.25, -0.2) is 4.79 Å². The van der Waals surface area contributed by atoms with E-state index in [1.165, 1.54) is 4.90 Å². The highest BCUT2D eigenvalue weighted by Gasteiger charge is 2.30. The second kappa shape index (κ2) is 7.68. The van der Waals surface area contributed by atoms with E-state index in [4.69, 9.17) is 16.3 Å². The number of amides is 1. The number of carbonyl (C=O) groups is 2. The van der Waals surface area contributed by atoms with E-state index in [-0.39, 0.29) is 12.6 Å². The van der Waals surface area contributed by atoms with Crippen molar-refractivity contribution < 1.29 is 19.4 Å². The molecule has 0 heterocycles. The van der Waals surface area contributed by atoms with E-state index < -0.39 is 23.6 Å². The van der Waals surface area contributed by atoms with Crippen molar-refractivity contribution in [1.29, 1.82) is 0 Å². The quantitative estimate of drug-likeness (QED) is 0.873. The zero-order valence-electron chi connectivity index (χ0n) is 14.2. The first-order valence-corrected chi connectivity index (χ1v) is 7.87. The lowest BCUT2D eigenvalue weighted by molar-refractivity contribution is -0.139. The van der Waals surface area contributed by atoms with E-state index in [0.717, 1.165) is 0 Å². The summed E-state index contributed by atoms with van der Waals surface area (Å²) < 4.78 is 5.37. The molecule has 0 spiro atoms. The Morgan fingerprint density at radius 1 is 1.22 bits per heavy atom. The highest BCUT2D eigenvalue weighted by molar-refractivity contribution is 6.30. The fourth-order valence-corrected chi connectivity index (χ4v) is 2.16. The molecule has 1 aromatic rings. The monoisotopic (exact) mass is 341 g/mol. The first-order chi connectivity index (χ1) is 10.5. The summed E-state index contributed by atoms with van der Waals surface area (Å²) in [7, 11) is 0. The number of hydrogen-bond donors (Lipinski definition) is 1. The zero-order valence-corrected chi connectivity index (χ0v) is 14.9. The third-order valence-electron chi connectivity index (χ3n) is 3.20. The summed E-state index contributed by atoms with van der Waals surface area (Å²) in [5.41, 5.74) is -0.0421. The van der Waals surface area contributed by atoms with Crippen LogP contribution >= 0.6 is 11.6 Å². The van der Waals surface area contributed by atoms with Gasteiger partial charge in [0.1, 0.15) is 5.60 Å². The van der Waals surface area contributed by atoms with Crippen LogP contribution in [0.1, 0.15) is 46.1 Å². The molecule has 1 aromatic carbocycles. The average molecular weight is 342 g/mol. The van der Waals surface area contributed by atoms with Crippen molar-refractivity contribution in [2.75, 3.05) is 6.54 Å². The standard InChI is InChI=1S/C17H24ClNO4/c1-11(2)19(16(22)23-17(3,4)5)10-14(15(20)21)12-6-8-13(18)9-7-12/h6-9,11,14H,10H2,1-5H3,(H,20,21)/t14-/m0/s1. The highest BCUT2D eigenvalue weighted by Crippen LogP contribution is 2.22. The number of hydrogen-bond acceptors (Lipinski definition) is 3. The van der Waals surface area contributed by atoms with Crippen molar-refractivity contribution in [3.63, 3.8) is 0 Å². The van der Waals surface area contributed by atoms with Crippen molar-refractivity contribution in [3.05, 3.63) is 34.9 Å². The number of halogens is 1. The smallest absolute Gasteiger partial charge is 0.410 e. The van der Waals surface area contributed by atoms with Crippen LogP contribution in [0.4, 0.5) is 4.79 Å². The third kappa shape index (κ3) is 6.10. The molecule has 128 valence electrons. The fraction of sp³-hybridized carbons (Fsp3) is 0.529. The molecule has 23 heavy (non-hydrogen) atoms. The molecule has 1 amide bonds. The molecule has 0 aromatic heterocycles. The highest BCUT2D eigenvalue weighted by atomic mass is 35.5. The number of rotatable bonds is 5. The van der Waals surface area contributed by atoms with E-state index in [9.17, 15) is 14.7 Å². The van der Waals surface area contributed by atoms with Crippen molar-refractivity contribution in [2.45, 2.75) is 52.2 Å². The van der Waals surface area contributed by atoms with Gasteiger partial charge in [0.15, 0.2) is 0 Å². The molecule has 0 unspecified atom stereocenters. The second-order valence-electron chi connectivity index (χ2n) is 6.67. The van der Waals surface area contributed by atoms with Gasteiger partial charge in [0.05, 0.1) is 5.92 Å². The van der Waals surface area contributed by atoms with Crippen LogP contribution in [0.25, 0.3) is 0 Å². The van der Waals surface area contributed by atoms with Crippen molar-refractivity contribution in [1.82, 2.24) is 4.90 Å². The van der Waals surface area contributed by atoms with Crippen molar-refractivity contribution in [3.8, 4) is 0 Å². The number of ether oxygens (including phenoxy) is 1. The van der Waals surface area contributed by atoms with E-state index >= 15 is 0 Å². The molecule has 0 aliphatic heterocycles. The van der Waals surface area contributed by atoms with Gasteiger partial charge < -0.3 is 14.7 Å². The molecule has 0 saturated carbocycles. The molecule has 6 heteroatoms. The number of aliphatic carboxylic acids is 1. The number of carboxylic acid groups (broad SMARTS) is 1. The molecule has 1 rings (SSSR count). The van der Waals surface area contributed by atoms with Gasteiger partial charge in [0, 0.05) is 17.6 Å². The molecule has 1 atom stereocenters. The fourth-order valence-electron chi connectivity index (χ4n) is 2.03. The zero-order chi connectivity index (χ0) is 17.8. The Labute approximate surface area is 142 Å². The van der Waals surface area contributed by atoms with Crippen LogP contribution in [-0.4, -0.2) is 40.3 Å². The summed E-state index contributed by atoms with van der Waals surface area (Å²) in [6.45, 7) is 9.00. The van der Waals surface area contributed by atoms with Gasteiger partial charge in [0.2, 0.25) is 0 Å². The second-order valence-corrected chi connectivity index (χ2v) is 7.11. The normalized spacial score (nSPS) is 12.8. The predicted molar refractivity (Wildman–Crippen MR) is 89.9 cm³/mol. The third-order valence-corrected chi connectivity index (χ3v) is 3.45. The maximum Gasteiger partial charge on any atom is 0.410 e. The lowest BCUT2D eigenvalue weighted by atomic mass is 9.98. The molecule has 5 nitrogen and oxygen atoms in total. The summed E-state index contributed by atoms with van der Waals surface area (Å²) in [5.74, 6) is -1.84. The minimum absolute atomic E-state index is 0.0313. The van der Waals surface area contributed by atoms with Gasteiger partial charge in [0.25, 0.3) is 0 Å². The van der Waals surface area contributed by atoms with Crippen LogP contribution < -0.4 is 0 Å². The van der Waals surface area contributed by atoms with Crippen LogP contribution in [-0.2, 0) is 9.53 Å². The predicted octanol–water partition coefficient (Wildman–Crippen LogP) is 4.15. The molecule has 0 fully saturated rings. The van der Waals surface area contributed by atoms with Gasteiger partial charge in [-0.1, -0.05) is 23.7 Å². The number of carboxylic acids is 1. The van der Waals surface area contributed by atoms with Crippen LogP contribution in [0.3, 0.4) is 0 Å². The summed E-state index contributed by atoms with van der Waals surface area (Å²) >= 11 is 5.84. The Balaban J connectivity index is 3.00. The maximum absolute atomic E-state index is 12.3. The van der Waals surface area contributed by atoms with E-state index in [1.54, 1.807) is 45.0 Å². The Morgan fingerprint density at radius 2 is 1.74 bits per heavy atom. The van der Waals surface area contributed by atoms with E-state index in [2.05, 4.69) is 0 Å². The Bertz CT molecular complexity index is 549. The summed E-state index contributed by atoms with van der Waals surface area (Å²) in [4.78, 5) is 25.4. The average Bonchev–Trinajstić information content (AvgIpc) is 2.38. The van der Waals surface area contributed by atoms with Gasteiger partial charge in [-0.3, -0.25) is 4.79 Å². The molecular formula is C17H24ClNO4. The first-order valence-electron chi connectivity index (χ1n) is 7.49. The lowest BCUT2D eigenvalue weighted by Crippen LogP contribution is -2.44. The van der Waals surface area contributed by atoms with Crippen molar-refractivity contribution in [2.24, 2.45) is 0 Å². The van der Waals surface area contributed by atoms with Crippen molar-refractivity contribution >= 4 is 23.7 Å². The van der Waals surface area contributed by atoms with E-state index in [1.807, 2.05) is 13.8 Å². The SMILES string of the molecule is CC(C)N(C[C@H](C(=O)O)c1ccc(Cl)cc1)C(=O)OC(C)(C)C. The topological polar surface area (TPSA) is 66.8 Å². The summed E-state index contributed by atoms with van der Waals surface area (Å²) in [6, 6.07) is 6.42. The molecular weight excluding hydrogens is 318 g/mol. The molecule has 0 bridgehead atoms. The number of carbonyl (C=O) groups excluding carboxylic acids is 1. The summed E-state index contributed by atoms with van der Waals surface area (Å²) in [5, 5.41) is 10.1. The van der Waals surface area contributed by atoms with Gasteiger partial charge in [-0.2, -0.15) is 0 Å². The van der Waals surface area contributed by atoms with Gasteiger partial charge in [-0.15, -0.1) is 0 Å². The maximum atomic E-state index is 12.3. The lowest BCUT2D eigenvalue weighted by Gasteiger charge is -2.32. The molecule has 0 aliphatic carbocycles. The molecule has 1 N–H and O–H groups in total. The Morgan fingerprint density at radius 3 is 2.13 bits per heavy atom. The van der Waals surface area contributed by atoms with Gasteiger partial charge in [-0.05, 0) is 52.3 Å². The molecule has 0 aliphatic rings. The molecule has 0 radical (unpaired) electrons. The van der Waals surface area contributed by atoms with Crippen LogP contribution in [0.2, 0.25) is 5.02 Å². The minimum Gasteiger partial charge on any atom is -0.481 e. The van der Waals surface area contributed by atoms with Gasteiger partial charge >= 0.3 is 12.1 Å². The van der Waals surface area contributed by atoms with Crippen LogP contribution in [0.15, 0.2) is 24.3 Å². The molecule has 0 saturated heterocycles. The first kappa shape index (κ1) is 19.3. The van der Waals surface area contributed by atoms with E-state index in [0.29, 0.717) is 10.6 Å². The number of benzene rings is 1. The Hall–Kier alpha value is -1.75. The Kier molecular flexibility index (Phi) is 6.45. The summed E-state index contributed by atoms with van der Waals surface area (Å²) in [6.07, 6.45) is -0.521. The number of nitrogens with zero attached hydrogens (tertiary/aromatic N) is 1. The largest absolute Gasteiger partial charge is 0.481 e. The minimum atomic E-state index is -0.999. The van der Waals surface area contributed by atoms with Crippen LogP contribution in [0, 0.1) is 0 Å². The van der Waals surface area contributed by atoms with Crippen LogP contribution in [0.5, 0.6) is 0 Å².